The molecule has 14 rings (SSSR count). The monoisotopic (exact) mass is 903 g/mol. The number of aromatic nitrogens is 3. The predicted molar refractivity (Wildman–Crippen MR) is 295 cm³/mol. The summed E-state index contributed by atoms with van der Waals surface area (Å²) >= 11 is 0. The molecule has 0 atom stereocenters. The maximum absolute atomic E-state index is 6.46. The molecule has 2 aromatic heterocycles. The number of hydrogen-bond donors (Lipinski definition) is 0. The fraction of sp³-hybridized carbons (Fsp3) is 0. The highest BCUT2D eigenvalue weighted by Crippen LogP contribution is 2.42. The summed E-state index contributed by atoms with van der Waals surface area (Å²) in [5, 5.41) is 11.6. The minimum absolute atomic E-state index is 0.587. The number of rotatable bonds is 7. The van der Waals surface area contributed by atoms with E-state index in [9.17, 15) is 0 Å². The molecule has 0 fully saturated rings. The molecule has 0 aliphatic carbocycles. The van der Waals surface area contributed by atoms with Gasteiger partial charge in [-0.1, -0.05) is 206 Å². The third kappa shape index (κ3) is 7.12. The Balaban J connectivity index is 0.961. The van der Waals surface area contributed by atoms with Crippen molar-refractivity contribution < 1.29 is 4.42 Å². The summed E-state index contributed by atoms with van der Waals surface area (Å²) < 4.78 is 6.46. The van der Waals surface area contributed by atoms with Crippen LogP contribution < -0.4 is 0 Å². The highest BCUT2D eigenvalue weighted by atomic mass is 16.3. The fourth-order valence-electron chi connectivity index (χ4n) is 10.6. The zero-order chi connectivity index (χ0) is 46.8. The Kier molecular flexibility index (Phi) is 9.49. The number of para-hydroxylation sites is 1. The highest BCUT2D eigenvalue weighted by molar-refractivity contribution is 6.14. The number of fused-ring (bicyclic) bond motifs is 8. The highest BCUT2D eigenvalue weighted by Gasteiger charge is 2.20. The molecule has 14 aromatic rings. The Bertz CT molecular complexity index is 4410. The van der Waals surface area contributed by atoms with Crippen LogP contribution in [0, 0.1) is 0 Å². The van der Waals surface area contributed by atoms with Crippen molar-refractivity contribution in [3.8, 4) is 78.7 Å². The minimum atomic E-state index is 0.587. The second kappa shape index (κ2) is 16.6. The maximum atomic E-state index is 6.46. The van der Waals surface area contributed by atoms with Gasteiger partial charge in [-0.2, -0.15) is 0 Å². The summed E-state index contributed by atoms with van der Waals surface area (Å²) in [7, 11) is 0. The van der Waals surface area contributed by atoms with Gasteiger partial charge in [0.1, 0.15) is 11.2 Å². The summed E-state index contributed by atoms with van der Waals surface area (Å²) in [4.78, 5) is 16.3. The van der Waals surface area contributed by atoms with Gasteiger partial charge >= 0.3 is 0 Å². The van der Waals surface area contributed by atoms with E-state index in [1.165, 1.54) is 38.1 Å². The molecule has 330 valence electrons. The normalized spacial score (nSPS) is 11.7. The topological polar surface area (TPSA) is 51.8 Å². The van der Waals surface area contributed by atoms with Gasteiger partial charge in [-0.05, 0) is 130 Å². The van der Waals surface area contributed by atoms with Gasteiger partial charge in [0.2, 0.25) is 0 Å². The molecule has 2 heterocycles. The van der Waals surface area contributed by atoms with Crippen LogP contribution in [0.2, 0.25) is 0 Å². The van der Waals surface area contributed by atoms with Crippen molar-refractivity contribution in [1.29, 1.82) is 0 Å². The van der Waals surface area contributed by atoms with Crippen molar-refractivity contribution in [3.05, 3.63) is 249 Å². The lowest BCUT2D eigenvalue weighted by atomic mass is 9.92. The van der Waals surface area contributed by atoms with Crippen molar-refractivity contribution in [1.82, 2.24) is 15.0 Å². The van der Waals surface area contributed by atoms with Crippen molar-refractivity contribution >= 4 is 65.0 Å². The lowest BCUT2D eigenvalue weighted by Crippen LogP contribution is -2.02. The van der Waals surface area contributed by atoms with Crippen LogP contribution in [-0.4, -0.2) is 15.0 Å². The van der Waals surface area contributed by atoms with Gasteiger partial charge in [0.25, 0.3) is 0 Å². The molecule has 0 saturated carbocycles. The molecule has 0 aliphatic rings. The standard InChI is InChI=1S/C67H41N3O/c1-2-16-47-37-49(32-31-42(47)13-1)44-29-27-43(28-30-44)48-18-11-19-51(38-48)65-68-66(70-67(69-65)60-24-8-7-22-56(60)55-25-12-17-45-14-3-5-20-53(45)55)52-39-61(57-35-33-46-15-4-6-21-54(46)62(57)40-52)50-34-36-59-58-23-9-10-26-63(58)71-64(59)41-50/h1-41H. The SMILES string of the molecule is c1cc(-c2ccc(-c3ccc4ccccc4c3)cc2)cc(-c2nc(-c3cc(-c4ccc5c(c4)oc4ccccc45)c4ccc5ccccc5c4c3)nc(-c3ccccc3-c3cccc4ccccc34)n2)c1. The van der Waals surface area contributed by atoms with Crippen LogP contribution in [0.25, 0.3) is 144 Å². The van der Waals surface area contributed by atoms with Crippen LogP contribution in [0.3, 0.4) is 0 Å². The van der Waals surface area contributed by atoms with Crippen LogP contribution in [0.5, 0.6) is 0 Å². The summed E-state index contributed by atoms with van der Waals surface area (Å²) in [6.45, 7) is 0. The quantitative estimate of drug-likeness (QED) is 0.150. The first-order chi connectivity index (χ1) is 35.1. The largest absolute Gasteiger partial charge is 0.456 e. The third-order valence-corrected chi connectivity index (χ3v) is 14.1. The Labute approximate surface area is 409 Å². The molecular formula is C67H41N3O. The van der Waals surface area contributed by atoms with Gasteiger partial charge in [-0.3, -0.25) is 0 Å². The van der Waals surface area contributed by atoms with Gasteiger partial charge in [0.15, 0.2) is 17.5 Å². The summed E-state index contributed by atoms with van der Waals surface area (Å²) in [5.41, 5.74) is 13.3. The maximum Gasteiger partial charge on any atom is 0.164 e. The zero-order valence-corrected chi connectivity index (χ0v) is 38.4. The fourth-order valence-corrected chi connectivity index (χ4v) is 10.6. The first kappa shape index (κ1) is 40.5. The number of hydrogen-bond acceptors (Lipinski definition) is 4. The van der Waals surface area contributed by atoms with E-state index in [1.54, 1.807) is 0 Å². The summed E-state index contributed by atoms with van der Waals surface area (Å²) in [6, 6.07) is 88.4. The van der Waals surface area contributed by atoms with E-state index < -0.39 is 0 Å². The van der Waals surface area contributed by atoms with Gasteiger partial charge in [0.05, 0.1) is 0 Å². The van der Waals surface area contributed by atoms with E-state index in [-0.39, 0.29) is 0 Å². The molecule has 0 spiro atoms. The van der Waals surface area contributed by atoms with Gasteiger partial charge in [0, 0.05) is 27.5 Å². The molecule has 12 aromatic carbocycles. The van der Waals surface area contributed by atoms with Gasteiger partial charge < -0.3 is 4.42 Å². The van der Waals surface area contributed by atoms with Gasteiger partial charge in [-0.25, -0.2) is 15.0 Å². The van der Waals surface area contributed by atoms with E-state index in [2.05, 4.69) is 237 Å². The van der Waals surface area contributed by atoms with Crippen LogP contribution in [0.1, 0.15) is 0 Å². The van der Waals surface area contributed by atoms with E-state index in [1.807, 2.05) is 12.1 Å². The molecule has 0 aliphatic heterocycles. The van der Waals surface area contributed by atoms with Gasteiger partial charge in [-0.15, -0.1) is 0 Å². The molecular weight excluding hydrogens is 863 g/mol. The van der Waals surface area contributed by atoms with Crippen LogP contribution in [0.4, 0.5) is 0 Å². The molecule has 71 heavy (non-hydrogen) atoms. The van der Waals surface area contributed by atoms with Crippen LogP contribution in [-0.2, 0) is 0 Å². The average molecular weight is 904 g/mol. The minimum Gasteiger partial charge on any atom is -0.456 e. The van der Waals surface area contributed by atoms with E-state index in [0.717, 1.165) is 88.2 Å². The number of benzene rings is 12. The predicted octanol–water partition coefficient (Wildman–Crippen LogP) is 18.1. The summed E-state index contributed by atoms with van der Waals surface area (Å²) in [5.74, 6) is 1.78. The Hall–Kier alpha value is -9.51. The molecule has 0 radical (unpaired) electrons. The van der Waals surface area contributed by atoms with E-state index >= 15 is 0 Å². The second-order valence-corrected chi connectivity index (χ2v) is 18.3. The first-order valence-electron chi connectivity index (χ1n) is 24.1. The molecule has 0 N–H and O–H groups in total. The Morgan fingerprint density at radius 2 is 0.746 bits per heavy atom. The number of nitrogens with zero attached hydrogens (tertiary/aromatic N) is 3. The molecule has 0 bridgehead atoms. The lowest BCUT2D eigenvalue weighted by Gasteiger charge is -2.15. The zero-order valence-electron chi connectivity index (χ0n) is 38.4. The third-order valence-electron chi connectivity index (χ3n) is 14.1. The first-order valence-corrected chi connectivity index (χ1v) is 24.1. The van der Waals surface area contributed by atoms with Crippen molar-refractivity contribution in [2.45, 2.75) is 0 Å². The van der Waals surface area contributed by atoms with Crippen molar-refractivity contribution in [2.24, 2.45) is 0 Å². The van der Waals surface area contributed by atoms with Crippen molar-refractivity contribution in [3.63, 3.8) is 0 Å². The lowest BCUT2D eigenvalue weighted by molar-refractivity contribution is 0.669. The smallest absolute Gasteiger partial charge is 0.164 e. The summed E-state index contributed by atoms with van der Waals surface area (Å²) in [6.07, 6.45) is 0. The van der Waals surface area contributed by atoms with Crippen LogP contribution in [0.15, 0.2) is 253 Å². The number of furan rings is 1. The van der Waals surface area contributed by atoms with Crippen LogP contribution >= 0.6 is 0 Å². The molecule has 4 heteroatoms. The molecule has 0 unspecified atom stereocenters. The molecule has 0 amide bonds. The van der Waals surface area contributed by atoms with E-state index in [4.69, 9.17) is 19.4 Å². The Morgan fingerprint density at radius 3 is 1.58 bits per heavy atom. The molecule has 0 saturated heterocycles. The average Bonchev–Trinajstić information content (AvgIpc) is 3.82. The Morgan fingerprint density at radius 1 is 0.211 bits per heavy atom. The second-order valence-electron chi connectivity index (χ2n) is 18.3. The molecule has 4 nitrogen and oxygen atoms in total. The van der Waals surface area contributed by atoms with Crippen molar-refractivity contribution in [2.75, 3.05) is 0 Å². The van der Waals surface area contributed by atoms with E-state index in [0.29, 0.717) is 17.5 Å².